The van der Waals surface area contributed by atoms with E-state index in [0.717, 1.165) is 12.8 Å². The van der Waals surface area contributed by atoms with Crippen molar-refractivity contribution in [2.24, 2.45) is 10.2 Å². The lowest BCUT2D eigenvalue weighted by Gasteiger charge is -2.18. The summed E-state index contributed by atoms with van der Waals surface area (Å²) in [5, 5.41) is 8.32. The van der Waals surface area contributed by atoms with Crippen molar-refractivity contribution in [2.75, 3.05) is 0 Å². The van der Waals surface area contributed by atoms with Gasteiger partial charge in [-0.2, -0.15) is 10.2 Å². The molecule has 0 N–H and O–H groups in total. The fourth-order valence-electron chi connectivity index (χ4n) is 0.381. The van der Waals surface area contributed by atoms with Gasteiger partial charge < -0.3 is 0 Å². The molecule has 0 saturated carbocycles. The number of hydrogen-bond donors (Lipinski definition) is 0. The molecule has 0 amide bonds. The Balaban J connectivity index is 4.23. The molecule has 0 radical (unpaired) electrons. The van der Waals surface area contributed by atoms with Crippen molar-refractivity contribution in [1.82, 2.24) is 0 Å². The summed E-state index contributed by atoms with van der Waals surface area (Å²) in [6.45, 7) is 10.1. The lowest BCUT2D eigenvalue weighted by Crippen LogP contribution is -2.17. The van der Waals surface area contributed by atoms with Gasteiger partial charge in [-0.1, -0.05) is 25.4 Å². The predicted molar refractivity (Wildman–Crippen MR) is 53.8 cm³/mol. The SMILES string of the molecule is CCC(C)(C)N=NC(C)(Cl)CC. The van der Waals surface area contributed by atoms with Gasteiger partial charge in [0.2, 0.25) is 0 Å². The van der Waals surface area contributed by atoms with Crippen molar-refractivity contribution >= 4 is 11.6 Å². The van der Waals surface area contributed by atoms with E-state index in [4.69, 9.17) is 11.6 Å². The Kier molecular flexibility index (Phi) is 4.18. The molecule has 0 aliphatic heterocycles. The average molecular weight is 191 g/mol. The molecule has 0 spiro atoms. The highest BCUT2D eigenvalue weighted by Crippen LogP contribution is 2.24. The normalized spacial score (nSPS) is 18.2. The number of rotatable bonds is 4. The molecule has 0 heterocycles. The minimum absolute atomic E-state index is 0.0781. The van der Waals surface area contributed by atoms with Crippen molar-refractivity contribution in [3.63, 3.8) is 0 Å². The number of azo groups is 1. The van der Waals surface area contributed by atoms with Crippen molar-refractivity contribution in [1.29, 1.82) is 0 Å². The van der Waals surface area contributed by atoms with Crippen molar-refractivity contribution in [3.8, 4) is 0 Å². The molecule has 0 aliphatic carbocycles. The highest BCUT2D eigenvalue weighted by Gasteiger charge is 2.19. The minimum atomic E-state index is -0.521. The largest absolute Gasteiger partial charge is 0.186 e. The third kappa shape index (κ3) is 4.70. The summed E-state index contributed by atoms with van der Waals surface area (Å²) in [5.41, 5.74) is -0.0781. The lowest BCUT2D eigenvalue weighted by atomic mass is 10.0. The summed E-state index contributed by atoms with van der Waals surface area (Å²) in [4.78, 5) is -0.521. The van der Waals surface area contributed by atoms with Crippen molar-refractivity contribution < 1.29 is 0 Å². The van der Waals surface area contributed by atoms with Crippen LogP contribution in [0.3, 0.4) is 0 Å². The number of halogens is 1. The molecule has 2 nitrogen and oxygen atoms in total. The fraction of sp³-hybridized carbons (Fsp3) is 1.00. The van der Waals surface area contributed by atoms with Gasteiger partial charge in [-0.05, 0) is 33.6 Å². The zero-order valence-corrected chi connectivity index (χ0v) is 9.44. The summed E-state index contributed by atoms with van der Waals surface area (Å²) >= 11 is 6.02. The van der Waals surface area contributed by atoms with E-state index < -0.39 is 5.00 Å². The van der Waals surface area contributed by atoms with E-state index >= 15 is 0 Å². The van der Waals surface area contributed by atoms with Gasteiger partial charge in [0.15, 0.2) is 5.00 Å². The Morgan fingerprint density at radius 3 is 1.83 bits per heavy atom. The Morgan fingerprint density at radius 2 is 1.50 bits per heavy atom. The van der Waals surface area contributed by atoms with Gasteiger partial charge in [-0.3, -0.25) is 0 Å². The van der Waals surface area contributed by atoms with Crippen molar-refractivity contribution in [2.45, 2.75) is 58.0 Å². The molecule has 0 aromatic carbocycles. The van der Waals surface area contributed by atoms with Crippen LogP contribution in [0.25, 0.3) is 0 Å². The van der Waals surface area contributed by atoms with Crippen LogP contribution in [-0.4, -0.2) is 10.5 Å². The first-order valence-electron chi connectivity index (χ1n) is 4.46. The maximum absolute atomic E-state index is 6.02. The predicted octanol–water partition coefficient (Wildman–Crippen LogP) is 3.99. The van der Waals surface area contributed by atoms with Crippen LogP contribution in [-0.2, 0) is 0 Å². The molecule has 3 heteroatoms. The van der Waals surface area contributed by atoms with E-state index in [-0.39, 0.29) is 5.54 Å². The molecule has 0 bridgehead atoms. The maximum atomic E-state index is 6.02. The molecular weight excluding hydrogens is 172 g/mol. The molecule has 72 valence electrons. The fourth-order valence-corrected chi connectivity index (χ4v) is 0.419. The van der Waals surface area contributed by atoms with Crippen LogP contribution in [0.2, 0.25) is 0 Å². The molecule has 0 aliphatic rings. The quantitative estimate of drug-likeness (QED) is 0.364. The van der Waals surface area contributed by atoms with Gasteiger partial charge in [-0.25, -0.2) is 0 Å². The first-order chi connectivity index (χ1) is 5.33. The van der Waals surface area contributed by atoms with Crippen LogP contribution < -0.4 is 0 Å². The first-order valence-corrected chi connectivity index (χ1v) is 4.84. The zero-order chi connectivity index (χ0) is 9.83. The Morgan fingerprint density at radius 1 is 1.00 bits per heavy atom. The monoisotopic (exact) mass is 190 g/mol. The summed E-state index contributed by atoms with van der Waals surface area (Å²) < 4.78 is 0. The summed E-state index contributed by atoms with van der Waals surface area (Å²) in [6.07, 6.45) is 1.78. The Bertz CT molecular complexity index is 144. The highest BCUT2D eigenvalue weighted by atomic mass is 35.5. The van der Waals surface area contributed by atoms with Crippen LogP contribution in [0.15, 0.2) is 10.2 Å². The molecule has 12 heavy (non-hydrogen) atoms. The van der Waals surface area contributed by atoms with E-state index in [1.807, 2.05) is 13.8 Å². The van der Waals surface area contributed by atoms with Crippen LogP contribution >= 0.6 is 11.6 Å². The van der Waals surface area contributed by atoms with Gasteiger partial charge in [0, 0.05) is 0 Å². The van der Waals surface area contributed by atoms with E-state index in [1.54, 1.807) is 0 Å². The van der Waals surface area contributed by atoms with E-state index in [9.17, 15) is 0 Å². The second-order valence-corrected chi connectivity index (χ2v) is 4.68. The highest BCUT2D eigenvalue weighted by molar-refractivity contribution is 6.23. The second-order valence-electron chi connectivity index (χ2n) is 3.86. The third-order valence-corrected chi connectivity index (χ3v) is 2.38. The molecule has 0 aromatic rings. The van der Waals surface area contributed by atoms with E-state index in [0.29, 0.717) is 0 Å². The molecule has 1 atom stereocenters. The van der Waals surface area contributed by atoms with Gasteiger partial charge >= 0.3 is 0 Å². The minimum Gasteiger partial charge on any atom is -0.186 e. The summed E-state index contributed by atoms with van der Waals surface area (Å²) in [7, 11) is 0. The standard InChI is InChI=1S/C9H19ClN2/c1-6-8(3,4)11-12-9(5,10)7-2/h6-7H2,1-5H3. The van der Waals surface area contributed by atoms with Crippen LogP contribution in [0.4, 0.5) is 0 Å². The van der Waals surface area contributed by atoms with Gasteiger partial charge in [0.1, 0.15) is 0 Å². The first kappa shape index (κ1) is 11.9. The molecule has 0 aromatic heterocycles. The number of alkyl halides is 1. The zero-order valence-electron chi connectivity index (χ0n) is 8.69. The number of nitrogens with zero attached hydrogens (tertiary/aromatic N) is 2. The Labute approximate surface area is 80.4 Å². The van der Waals surface area contributed by atoms with Crippen LogP contribution in [0.1, 0.15) is 47.5 Å². The van der Waals surface area contributed by atoms with Gasteiger partial charge in [0.05, 0.1) is 5.54 Å². The molecule has 1 unspecified atom stereocenters. The molecule has 0 saturated heterocycles. The maximum Gasteiger partial charge on any atom is 0.151 e. The molecular formula is C9H19ClN2. The molecule has 0 fully saturated rings. The average Bonchev–Trinajstić information content (AvgIpc) is 2.02. The van der Waals surface area contributed by atoms with Gasteiger partial charge in [0.25, 0.3) is 0 Å². The smallest absolute Gasteiger partial charge is 0.151 e. The Hall–Kier alpha value is -0.110. The topological polar surface area (TPSA) is 24.7 Å². The second kappa shape index (κ2) is 4.22. The van der Waals surface area contributed by atoms with Gasteiger partial charge in [-0.15, -0.1) is 0 Å². The lowest BCUT2D eigenvalue weighted by molar-refractivity contribution is 0.445. The summed E-state index contributed by atoms with van der Waals surface area (Å²) in [6, 6.07) is 0. The third-order valence-electron chi connectivity index (χ3n) is 2.04. The van der Waals surface area contributed by atoms with Crippen LogP contribution in [0, 0.1) is 0 Å². The van der Waals surface area contributed by atoms with Crippen molar-refractivity contribution in [3.05, 3.63) is 0 Å². The summed E-state index contributed by atoms with van der Waals surface area (Å²) in [5.74, 6) is 0. The molecule has 0 rings (SSSR count). The van der Waals surface area contributed by atoms with Crippen LogP contribution in [0.5, 0.6) is 0 Å². The van der Waals surface area contributed by atoms with E-state index in [1.165, 1.54) is 0 Å². The van der Waals surface area contributed by atoms with E-state index in [2.05, 4.69) is 31.0 Å². The number of hydrogen-bond acceptors (Lipinski definition) is 2.